The number of rotatable bonds is 9. The summed E-state index contributed by atoms with van der Waals surface area (Å²) < 4.78 is 15.1. The van der Waals surface area contributed by atoms with Crippen molar-refractivity contribution in [1.82, 2.24) is 0 Å². The van der Waals surface area contributed by atoms with Crippen LogP contribution in [0.3, 0.4) is 0 Å². The van der Waals surface area contributed by atoms with E-state index in [2.05, 4.69) is 10.3 Å². The predicted molar refractivity (Wildman–Crippen MR) is 102 cm³/mol. The number of benzene rings is 1. The SMILES string of the molecule is CCOC(=O)c1ccc2[nH+]cc(C(=O)OCC)c(NCCCOC(C)=O)c2c1. The van der Waals surface area contributed by atoms with Gasteiger partial charge in [0.15, 0.2) is 6.20 Å². The number of H-pyrrole nitrogens is 1. The zero-order valence-electron chi connectivity index (χ0n) is 16.3. The first kappa shape index (κ1) is 21.1. The summed E-state index contributed by atoms with van der Waals surface area (Å²) in [6.07, 6.45) is 2.12. The Balaban J connectivity index is 2.38. The fraction of sp³-hybridized carbons (Fsp3) is 0.400. The van der Waals surface area contributed by atoms with Crippen molar-refractivity contribution < 1.29 is 33.6 Å². The van der Waals surface area contributed by atoms with Crippen LogP contribution in [0.25, 0.3) is 10.9 Å². The summed E-state index contributed by atoms with van der Waals surface area (Å²) in [6.45, 7) is 6.06. The van der Waals surface area contributed by atoms with Gasteiger partial charge in [-0.05, 0) is 32.4 Å². The van der Waals surface area contributed by atoms with Crippen LogP contribution >= 0.6 is 0 Å². The highest BCUT2D eigenvalue weighted by atomic mass is 16.5. The third kappa shape index (κ3) is 5.42. The van der Waals surface area contributed by atoms with E-state index in [0.717, 1.165) is 5.52 Å². The van der Waals surface area contributed by atoms with Gasteiger partial charge in [0.25, 0.3) is 0 Å². The average molecular weight is 389 g/mol. The first-order valence-electron chi connectivity index (χ1n) is 9.17. The summed E-state index contributed by atoms with van der Waals surface area (Å²) >= 11 is 0. The molecule has 8 heteroatoms. The van der Waals surface area contributed by atoms with Crippen LogP contribution in [-0.4, -0.2) is 44.3 Å². The van der Waals surface area contributed by atoms with Gasteiger partial charge in [-0.2, -0.15) is 0 Å². The van der Waals surface area contributed by atoms with E-state index in [1.165, 1.54) is 6.92 Å². The largest absolute Gasteiger partial charge is 0.466 e. The van der Waals surface area contributed by atoms with Gasteiger partial charge < -0.3 is 19.5 Å². The van der Waals surface area contributed by atoms with Gasteiger partial charge in [0, 0.05) is 19.5 Å². The molecule has 150 valence electrons. The van der Waals surface area contributed by atoms with Crippen LogP contribution in [0.4, 0.5) is 5.69 Å². The molecule has 0 radical (unpaired) electrons. The number of nitrogens with one attached hydrogen (secondary N) is 2. The molecule has 0 atom stereocenters. The van der Waals surface area contributed by atoms with Gasteiger partial charge in [0.1, 0.15) is 5.56 Å². The molecule has 0 spiro atoms. The summed E-state index contributed by atoms with van der Waals surface area (Å²) in [5, 5.41) is 3.86. The number of carbonyl (C=O) groups is 3. The Morgan fingerprint density at radius 2 is 1.75 bits per heavy atom. The van der Waals surface area contributed by atoms with Crippen LogP contribution in [0.15, 0.2) is 24.4 Å². The zero-order valence-corrected chi connectivity index (χ0v) is 16.3. The van der Waals surface area contributed by atoms with Crippen LogP contribution < -0.4 is 10.3 Å². The molecule has 0 fully saturated rings. The second-order valence-electron chi connectivity index (χ2n) is 5.90. The van der Waals surface area contributed by atoms with E-state index in [-0.39, 0.29) is 25.8 Å². The fourth-order valence-electron chi connectivity index (χ4n) is 2.65. The Morgan fingerprint density at radius 1 is 1.04 bits per heavy atom. The third-order valence-electron chi connectivity index (χ3n) is 3.86. The number of anilines is 1. The van der Waals surface area contributed by atoms with Crippen molar-refractivity contribution in [3.63, 3.8) is 0 Å². The van der Waals surface area contributed by atoms with Crippen LogP contribution in [0.1, 0.15) is 47.9 Å². The number of pyridine rings is 1. The smallest absolute Gasteiger partial charge is 0.346 e. The van der Waals surface area contributed by atoms with Gasteiger partial charge in [-0.15, -0.1) is 0 Å². The molecule has 1 aromatic carbocycles. The lowest BCUT2D eigenvalue weighted by atomic mass is 10.1. The van der Waals surface area contributed by atoms with E-state index < -0.39 is 11.9 Å². The Hall–Kier alpha value is -3.16. The summed E-state index contributed by atoms with van der Waals surface area (Å²) in [7, 11) is 0. The summed E-state index contributed by atoms with van der Waals surface area (Å²) in [4.78, 5) is 38.4. The van der Waals surface area contributed by atoms with Gasteiger partial charge >= 0.3 is 17.9 Å². The molecule has 2 rings (SSSR count). The molecule has 8 nitrogen and oxygen atoms in total. The topological polar surface area (TPSA) is 105 Å². The molecular weight excluding hydrogens is 364 g/mol. The second kappa shape index (κ2) is 10.2. The minimum Gasteiger partial charge on any atom is -0.466 e. The first-order chi connectivity index (χ1) is 13.5. The van der Waals surface area contributed by atoms with Crippen molar-refractivity contribution >= 4 is 34.5 Å². The molecule has 0 bridgehead atoms. The maximum Gasteiger partial charge on any atom is 0.346 e. The molecule has 2 aromatic rings. The molecule has 0 aliphatic rings. The van der Waals surface area contributed by atoms with Gasteiger partial charge in [0.05, 0.1) is 36.5 Å². The molecule has 0 amide bonds. The molecule has 1 heterocycles. The van der Waals surface area contributed by atoms with E-state index in [9.17, 15) is 14.4 Å². The standard InChI is InChI=1S/C20H24N2O6/c1-4-26-19(24)14-7-8-17-15(11-14)18(21-9-6-10-28-13(3)23)16(12-22-17)20(25)27-5-2/h7-8,11-12H,4-6,9-10H2,1-3H3,(H,21,22)/p+1. The lowest BCUT2D eigenvalue weighted by Gasteiger charge is -2.12. The molecule has 0 aliphatic carbocycles. The zero-order chi connectivity index (χ0) is 20.5. The minimum absolute atomic E-state index is 0.242. The van der Waals surface area contributed by atoms with Gasteiger partial charge in [-0.3, -0.25) is 4.79 Å². The van der Waals surface area contributed by atoms with Crippen molar-refractivity contribution in [1.29, 1.82) is 0 Å². The number of hydrogen-bond donors (Lipinski definition) is 1. The maximum absolute atomic E-state index is 12.4. The summed E-state index contributed by atoms with van der Waals surface area (Å²) in [5.74, 6) is -1.26. The first-order valence-corrected chi connectivity index (χ1v) is 9.17. The Morgan fingerprint density at radius 3 is 2.43 bits per heavy atom. The molecule has 0 aliphatic heterocycles. The highest BCUT2D eigenvalue weighted by Crippen LogP contribution is 2.26. The second-order valence-corrected chi connectivity index (χ2v) is 5.90. The van der Waals surface area contributed by atoms with Crippen LogP contribution in [0, 0.1) is 0 Å². The fourth-order valence-corrected chi connectivity index (χ4v) is 2.65. The van der Waals surface area contributed by atoms with Crippen molar-refractivity contribution in [2.24, 2.45) is 0 Å². The Bertz CT molecular complexity index is 860. The monoisotopic (exact) mass is 389 g/mol. The molecular formula is C20H25N2O6+. The van der Waals surface area contributed by atoms with Crippen molar-refractivity contribution in [3.8, 4) is 0 Å². The maximum atomic E-state index is 12.4. The van der Waals surface area contributed by atoms with Gasteiger partial charge in [-0.25, -0.2) is 14.6 Å². The number of aromatic amines is 1. The predicted octanol–water partition coefficient (Wildman–Crippen LogP) is 2.37. The average Bonchev–Trinajstić information content (AvgIpc) is 2.67. The highest BCUT2D eigenvalue weighted by Gasteiger charge is 2.21. The van der Waals surface area contributed by atoms with E-state index in [0.29, 0.717) is 35.2 Å². The summed E-state index contributed by atoms with van der Waals surface area (Å²) in [6, 6.07) is 5.08. The molecule has 0 saturated carbocycles. The molecule has 1 aromatic heterocycles. The van der Waals surface area contributed by atoms with Crippen molar-refractivity contribution in [2.75, 3.05) is 31.7 Å². The summed E-state index contributed by atoms with van der Waals surface area (Å²) in [5.41, 5.74) is 1.99. The van der Waals surface area contributed by atoms with Crippen LogP contribution in [0.5, 0.6) is 0 Å². The van der Waals surface area contributed by atoms with Crippen molar-refractivity contribution in [2.45, 2.75) is 27.2 Å². The molecule has 0 unspecified atom stereocenters. The number of carbonyl (C=O) groups excluding carboxylic acids is 3. The lowest BCUT2D eigenvalue weighted by molar-refractivity contribution is -0.344. The quantitative estimate of drug-likeness (QED) is 0.399. The van der Waals surface area contributed by atoms with Crippen LogP contribution in [0.2, 0.25) is 0 Å². The number of hydrogen-bond acceptors (Lipinski definition) is 7. The number of esters is 3. The number of ether oxygens (including phenoxy) is 3. The normalized spacial score (nSPS) is 10.4. The Labute approximate surface area is 163 Å². The van der Waals surface area contributed by atoms with Gasteiger partial charge in [0.2, 0.25) is 5.52 Å². The number of aromatic nitrogens is 1. The molecule has 2 N–H and O–H groups in total. The van der Waals surface area contributed by atoms with Gasteiger partial charge in [-0.1, -0.05) is 0 Å². The van der Waals surface area contributed by atoms with E-state index in [4.69, 9.17) is 14.2 Å². The lowest BCUT2D eigenvalue weighted by Crippen LogP contribution is -2.18. The Kier molecular flexibility index (Phi) is 7.74. The van der Waals surface area contributed by atoms with E-state index in [1.54, 1.807) is 38.2 Å². The highest BCUT2D eigenvalue weighted by molar-refractivity contribution is 6.05. The number of fused-ring (bicyclic) bond motifs is 1. The molecule has 0 saturated heterocycles. The minimum atomic E-state index is -0.482. The molecule has 28 heavy (non-hydrogen) atoms. The van der Waals surface area contributed by atoms with Crippen molar-refractivity contribution in [3.05, 3.63) is 35.5 Å². The van der Waals surface area contributed by atoms with E-state index in [1.807, 2.05) is 0 Å². The third-order valence-corrected chi connectivity index (χ3v) is 3.86. The van der Waals surface area contributed by atoms with E-state index >= 15 is 0 Å². The van der Waals surface area contributed by atoms with Crippen LogP contribution in [-0.2, 0) is 19.0 Å².